The van der Waals surface area contributed by atoms with Crippen LogP contribution in [-0.2, 0) is 6.18 Å². The van der Waals surface area contributed by atoms with Gasteiger partial charge >= 0.3 is 6.18 Å². The van der Waals surface area contributed by atoms with Crippen molar-refractivity contribution in [3.63, 3.8) is 0 Å². The number of nitrogens with one attached hydrogen (secondary N) is 2. The highest BCUT2D eigenvalue weighted by atomic mass is 19.4. The van der Waals surface area contributed by atoms with Gasteiger partial charge in [-0.1, -0.05) is 0 Å². The van der Waals surface area contributed by atoms with E-state index in [-0.39, 0.29) is 17.3 Å². The summed E-state index contributed by atoms with van der Waals surface area (Å²) in [6, 6.07) is 1.81. The van der Waals surface area contributed by atoms with Gasteiger partial charge in [0, 0.05) is 25.2 Å². The minimum absolute atomic E-state index is 0.0743. The Kier molecular flexibility index (Phi) is 3.84. The number of likely N-dealkylation sites (N-methyl/N-ethyl adjacent to an activating group) is 1. The molecule has 3 rings (SSSR count). The lowest BCUT2D eigenvalue weighted by atomic mass is 10.2. The zero-order valence-electron chi connectivity index (χ0n) is 12.4. The fourth-order valence-corrected chi connectivity index (χ4v) is 2.64. The smallest absolute Gasteiger partial charge is 0.368 e. The van der Waals surface area contributed by atoms with Crippen molar-refractivity contribution >= 4 is 11.8 Å². The van der Waals surface area contributed by atoms with E-state index < -0.39 is 11.7 Å². The summed E-state index contributed by atoms with van der Waals surface area (Å²) in [5, 5.41) is 8.99. The van der Waals surface area contributed by atoms with Crippen LogP contribution in [0.25, 0.3) is 11.4 Å². The minimum Gasteiger partial charge on any atom is -0.368 e. The maximum absolute atomic E-state index is 13.0. The van der Waals surface area contributed by atoms with Crippen molar-refractivity contribution in [2.24, 2.45) is 0 Å². The molecule has 0 bridgehead atoms. The predicted octanol–water partition coefficient (Wildman–Crippen LogP) is 1.27. The monoisotopic (exact) mass is 327 g/mol. The Labute approximate surface area is 130 Å². The fraction of sp³-hybridized carbons (Fsp3) is 0.462. The number of aromatic nitrogens is 4. The van der Waals surface area contributed by atoms with Gasteiger partial charge in [0.2, 0.25) is 5.95 Å². The van der Waals surface area contributed by atoms with Gasteiger partial charge in [0.1, 0.15) is 11.4 Å². The molecular weight excluding hydrogens is 311 g/mol. The molecule has 1 atom stereocenters. The molecule has 0 aromatic carbocycles. The van der Waals surface area contributed by atoms with E-state index in [2.05, 4.69) is 25.5 Å². The van der Waals surface area contributed by atoms with Crippen molar-refractivity contribution in [3.8, 4) is 11.4 Å². The molecule has 23 heavy (non-hydrogen) atoms. The first-order chi connectivity index (χ1) is 10.9. The molecule has 1 saturated heterocycles. The van der Waals surface area contributed by atoms with Crippen LogP contribution in [0.1, 0.15) is 12.0 Å². The normalized spacial score (nSPS) is 18.6. The van der Waals surface area contributed by atoms with E-state index in [4.69, 9.17) is 5.73 Å². The van der Waals surface area contributed by atoms with Crippen molar-refractivity contribution < 1.29 is 13.2 Å². The van der Waals surface area contributed by atoms with Crippen LogP contribution in [0.5, 0.6) is 0 Å². The number of hydrogen-bond donors (Lipinski definition) is 3. The first-order valence-electron chi connectivity index (χ1n) is 7.06. The third-order valence-corrected chi connectivity index (χ3v) is 3.85. The molecule has 2 aromatic rings. The summed E-state index contributed by atoms with van der Waals surface area (Å²) in [4.78, 5) is 10.0. The van der Waals surface area contributed by atoms with Crippen LogP contribution >= 0.6 is 0 Å². The Morgan fingerprint density at radius 2 is 2.17 bits per heavy atom. The van der Waals surface area contributed by atoms with Crippen LogP contribution in [0.3, 0.4) is 0 Å². The van der Waals surface area contributed by atoms with Crippen LogP contribution in [0.4, 0.5) is 24.9 Å². The average molecular weight is 327 g/mol. The largest absolute Gasteiger partial charge is 0.420 e. The summed E-state index contributed by atoms with van der Waals surface area (Å²) in [6.45, 7) is 1.46. The Morgan fingerprint density at radius 3 is 2.83 bits per heavy atom. The maximum Gasteiger partial charge on any atom is 0.420 e. The van der Waals surface area contributed by atoms with Crippen LogP contribution in [0, 0.1) is 0 Å². The van der Waals surface area contributed by atoms with Crippen LogP contribution in [0.15, 0.2) is 12.3 Å². The molecular formula is C13H16F3N7. The molecule has 124 valence electrons. The van der Waals surface area contributed by atoms with E-state index in [9.17, 15) is 13.2 Å². The van der Waals surface area contributed by atoms with Crippen molar-refractivity contribution in [2.45, 2.75) is 18.6 Å². The Bertz CT molecular complexity index is 697. The number of rotatable bonds is 3. The molecule has 0 saturated carbocycles. The molecule has 0 radical (unpaired) electrons. The lowest BCUT2D eigenvalue weighted by Gasteiger charge is -2.18. The van der Waals surface area contributed by atoms with Crippen LogP contribution < -0.4 is 16.0 Å². The van der Waals surface area contributed by atoms with Gasteiger partial charge in [-0.15, -0.1) is 0 Å². The third-order valence-electron chi connectivity index (χ3n) is 3.85. The number of nitrogen functional groups attached to an aromatic ring is 1. The van der Waals surface area contributed by atoms with Crippen LogP contribution in [-0.4, -0.2) is 46.3 Å². The number of alkyl halides is 3. The number of nitrogens with zero attached hydrogens (tertiary/aromatic N) is 4. The van der Waals surface area contributed by atoms with E-state index in [1.165, 1.54) is 6.07 Å². The van der Waals surface area contributed by atoms with Gasteiger partial charge in [0.05, 0.1) is 17.6 Å². The van der Waals surface area contributed by atoms with E-state index >= 15 is 0 Å². The fourth-order valence-electron chi connectivity index (χ4n) is 2.64. The molecule has 10 heteroatoms. The van der Waals surface area contributed by atoms with Crippen molar-refractivity contribution in [2.75, 3.05) is 30.8 Å². The molecule has 1 fully saturated rings. The van der Waals surface area contributed by atoms with Gasteiger partial charge < -0.3 is 16.0 Å². The van der Waals surface area contributed by atoms with Gasteiger partial charge in [-0.3, -0.25) is 5.10 Å². The molecule has 0 unspecified atom stereocenters. The first kappa shape index (κ1) is 15.5. The maximum atomic E-state index is 13.0. The van der Waals surface area contributed by atoms with Crippen molar-refractivity contribution in [3.05, 3.63) is 17.8 Å². The van der Waals surface area contributed by atoms with Gasteiger partial charge in [-0.05, 0) is 13.5 Å². The van der Waals surface area contributed by atoms with Crippen molar-refractivity contribution in [1.82, 2.24) is 25.5 Å². The highest BCUT2D eigenvalue weighted by Crippen LogP contribution is 2.36. The molecule has 2 aromatic heterocycles. The second-order valence-corrected chi connectivity index (χ2v) is 5.35. The summed E-state index contributed by atoms with van der Waals surface area (Å²) in [7, 11) is 1.87. The SMILES string of the molecule is CN[C@@H]1CCN(c2cc(-c3[nH]ncc3C(F)(F)F)nc(N)n2)C1. The highest BCUT2D eigenvalue weighted by Gasteiger charge is 2.36. The zero-order valence-corrected chi connectivity index (χ0v) is 12.4. The van der Waals surface area contributed by atoms with E-state index in [0.29, 0.717) is 18.4 Å². The molecule has 3 heterocycles. The van der Waals surface area contributed by atoms with E-state index in [1.807, 2.05) is 11.9 Å². The molecule has 4 N–H and O–H groups in total. The third kappa shape index (κ3) is 3.07. The first-order valence-corrected chi connectivity index (χ1v) is 7.06. The van der Waals surface area contributed by atoms with Crippen molar-refractivity contribution in [1.29, 1.82) is 0 Å². The number of aromatic amines is 1. The molecule has 0 spiro atoms. The molecule has 1 aliphatic rings. The molecule has 7 nitrogen and oxygen atoms in total. The zero-order chi connectivity index (χ0) is 16.6. The Balaban J connectivity index is 1.98. The minimum atomic E-state index is -4.52. The number of hydrogen-bond acceptors (Lipinski definition) is 6. The Morgan fingerprint density at radius 1 is 1.39 bits per heavy atom. The summed E-state index contributed by atoms with van der Waals surface area (Å²) < 4.78 is 39.0. The summed E-state index contributed by atoms with van der Waals surface area (Å²) >= 11 is 0. The summed E-state index contributed by atoms with van der Waals surface area (Å²) in [6.07, 6.45) is -2.86. The van der Waals surface area contributed by atoms with Crippen LogP contribution in [0.2, 0.25) is 0 Å². The topological polar surface area (TPSA) is 95.8 Å². The van der Waals surface area contributed by atoms with E-state index in [0.717, 1.165) is 19.2 Å². The molecule has 0 amide bonds. The van der Waals surface area contributed by atoms with Gasteiger partial charge in [-0.25, -0.2) is 4.98 Å². The van der Waals surface area contributed by atoms with Gasteiger partial charge in [0.15, 0.2) is 0 Å². The standard InChI is InChI=1S/C13H16F3N7/c1-18-7-2-3-23(6-7)10-4-9(20-12(17)21-10)11-8(5-19-22-11)13(14,15)16/h4-5,7,18H,2-3,6H2,1H3,(H,19,22)(H2,17,20,21)/t7-/m1/s1. The lowest BCUT2D eigenvalue weighted by molar-refractivity contribution is -0.137. The second kappa shape index (κ2) is 5.69. The molecule has 0 aliphatic carbocycles. The number of nitrogens with two attached hydrogens (primary N) is 1. The average Bonchev–Trinajstić information content (AvgIpc) is 3.15. The van der Waals surface area contributed by atoms with Gasteiger partial charge in [-0.2, -0.15) is 23.3 Å². The highest BCUT2D eigenvalue weighted by molar-refractivity contribution is 5.64. The number of anilines is 2. The lowest BCUT2D eigenvalue weighted by Crippen LogP contribution is -2.30. The van der Waals surface area contributed by atoms with E-state index in [1.54, 1.807) is 0 Å². The summed E-state index contributed by atoms with van der Waals surface area (Å²) in [5.41, 5.74) is 4.66. The van der Waals surface area contributed by atoms with Gasteiger partial charge in [0.25, 0.3) is 0 Å². The predicted molar refractivity (Wildman–Crippen MR) is 78.7 cm³/mol. The summed E-state index contributed by atoms with van der Waals surface area (Å²) in [5.74, 6) is 0.432. The number of halogens is 3. The number of H-pyrrole nitrogens is 1. The quantitative estimate of drug-likeness (QED) is 0.786. The second-order valence-electron chi connectivity index (χ2n) is 5.35. The molecule has 1 aliphatic heterocycles. The Hall–Kier alpha value is -2.36.